The van der Waals surface area contributed by atoms with Gasteiger partial charge in [0.1, 0.15) is 10.6 Å². The lowest BCUT2D eigenvalue weighted by Crippen LogP contribution is -2.57. The quantitative estimate of drug-likeness (QED) is 0.858. The van der Waals surface area contributed by atoms with Crippen LogP contribution in [-0.2, 0) is 4.79 Å². The van der Waals surface area contributed by atoms with Crippen molar-refractivity contribution in [3.63, 3.8) is 0 Å². The Morgan fingerprint density at radius 1 is 1.25 bits per heavy atom. The summed E-state index contributed by atoms with van der Waals surface area (Å²) in [6, 6.07) is 12.1. The largest absolute Gasteiger partial charge is 0.495 e. The van der Waals surface area contributed by atoms with E-state index >= 15 is 0 Å². The fraction of sp³-hybridized carbons (Fsp3) is 0.429. The Labute approximate surface area is 169 Å². The van der Waals surface area contributed by atoms with Crippen LogP contribution in [0.15, 0.2) is 36.4 Å². The van der Waals surface area contributed by atoms with E-state index in [1.54, 1.807) is 7.11 Å². The van der Waals surface area contributed by atoms with Gasteiger partial charge in [-0.15, -0.1) is 11.3 Å². The zero-order valence-electron chi connectivity index (χ0n) is 16.0. The zero-order chi connectivity index (χ0) is 19.5. The number of carbonyl (C=O) groups is 2. The number of likely N-dealkylation sites (tertiary alicyclic amines) is 1. The molecule has 3 heterocycles. The number of nitrogens with one attached hydrogen (secondary N) is 1. The van der Waals surface area contributed by atoms with E-state index in [2.05, 4.69) is 5.32 Å². The first-order chi connectivity index (χ1) is 13.7. The minimum absolute atomic E-state index is 0.00341. The van der Waals surface area contributed by atoms with Crippen LogP contribution in [0.3, 0.4) is 0 Å². The van der Waals surface area contributed by atoms with Crippen molar-refractivity contribution in [1.29, 1.82) is 0 Å². The SMILES string of the molecule is COc1cc(-c2ccccc2)sc1C(=O)N1CCCC(N2CCNCC2=O)C1. The average Bonchev–Trinajstić information content (AvgIpc) is 3.19. The Morgan fingerprint density at radius 3 is 2.82 bits per heavy atom. The van der Waals surface area contributed by atoms with Crippen LogP contribution in [0.4, 0.5) is 0 Å². The van der Waals surface area contributed by atoms with E-state index < -0.39 is 0 Å². The number of hydrogen-bond donors (Lipinski definition) is 1. The highest BCUT2D eigenvalue weighted by Gasteiger charge is 2.33. The summed E-state index contributed by atoms with van der Waals surface area (Å²) in [6.45, 7) is 3.23. The molecule has 2 aromatic rings. The van der Waals surface area contributed by atoms with E-state index in [9.17, 15) is 9.59 Å². The second-order valence-electron chi connectivity index (χ2n) is 7.19. The number of benzene rings is 1. The van der Waals surface area contributed by atoms with E-state index in [4.69, 9.17) is 4.74 Å². The molecule has 2 aliphatic rings. The average molecular weight is 400 g/mol. The van der Waals surface area contributed by atoms with Crippen molar-refractivity contribution in [2.75, 3.05) is 39.8 Å². The lowest BCUT2D eigenvalue weighted by atomic mass is 10.0. The number of piperidine rings is 1. The summed E-state index contributed by atoms with van der Waals surface area (Å²) in [6.07, 6.45) is 1.86. The molecule has 0 aliphatic carbocycles. The summed E-state index contributed by atoms with van der Waals surface area (Å²) in [5, 5.41) is 3.11. The van der Waals surface area contributed by atoms with Crippen molar-refractivity contribution in [3.05, 3.63) is 41.3 Å². The van der Waals surface area contributed by atoms with Crippen LogP contribution in [-0.4, -0.2) is 67.5 Å². The third-order valence-electron chi connectivity index (χ3n) is 5.42. The molecule has 2 fully saturated rings. The Morgan fingerprint density at radius 2 is 2.07 bits per heavy atom. The number of hydrogen-bond acceptors (Lipinski definition) is 5. The highest BCUT2D eigenvalue weighted by Crippen LogP contribution is 2.37. The molecule has 2 saturated heterocycles. The number of methoxy groups -OCH3 is 1. The van der Waals surface area contributed by atoms with Crippen LogP contribution in [0.2, 0.25) is 0 Å². The molecule has 1 aromatic heterocycles. The molecule has 0 bridgehead atoms. The van der Waals surface area contributed by atoms with E-state index in [0.29, 0.717) is 30.3 Å². The van der Waals surface area contributed by atoms with Crippen LogP contribution in [0.25, 0.3) is 10.4 Å². The van der Waals surface area contributed by atoms with Gasteiger partial charge < -0.3 is 19.9 Å². The second kappa shape index (κ2) is 8.32. The maximum atomic E-state index is 13.3. The molecule has 0 saturated carbocycles. The predicted octanol–water partition coefficient (Wildman–Crippen LogP) is 2.46. The molecule has 1 aromatic carbocycles. The first kappa shape index (κ1) is 19.0. The number of carbonyl (C=O) groups excluding carboxylic acids is 2. The minimum Gasteiger partial charge on any atom is -0.495 e. The smallest absolute Gasteiger partial charge is 0.267 e. The van der Waals surface area contributed by atoms with Crippen molar-refractivity contribution >= 4 is 23.2 Å². The maximum absolute atomic E-state index is 13.3. The molecule has 28 heavy (non-hydrogen) atoms. The van der Waals surface area contributed by atoms with Gasteiger partial charge in [-0.05, 0) is 24.5 Å². The lowest BCUT2D eigenvalue weighted by Gasteiger charge is -2.41. The van der Waals surface area contributed by atoms with Gasteiger partial charge in [0.15, 0.2) is 0 Å². The molecule has 0 spiro atoms. The zero-order valence-corrected chi connectivity index (χ0v) is 16.8. The standard InChI is InChI=1S/C21H25N3O3S/c1-27-17-12-18(15-6-3-2-4-7-15)28-20(17)21(26)23-10-5-8-16(14-23)24-11-9-22-13-19(24)25/h2-4,6-7,12,16,22H,5,8-11,13-14H2,1H3. The number of ether oxygens (including phenoxy) is 1. The summed E-state index contributed by atoms with van der Waals surface area (Å²) in [7, 11) is 1.60. The number of nitrogens with zero attached hydrogens (tertiary/aromatic N) is 2. The van der Waals surface area contributed by atoms with Crippen LogP contribution in [0, 0.1) is 0 Å². The summed E-state index contributed by atoms with van der Waals surface area (Å²) in [5.74, 6) is 0.746. The monoisotopic (exact) mass is 399 g/mol. The van der Waals surface area contributed by atoms with E-state index in [-0.39, 0.29) is 17.9 Å². The highest BCUT2D eigenvalue weighted by molar-refractivity contribution is 7.17. The van der Waals surface area contributed by atoms with Gasteiger partial charge in [-0.25, -0.2) is 0 Å². The van der Waals surface area contributed by atoms with E-state index in [1.165, 1.54) is 11.3 Å². The lowest BCUT2D eigenvalue weighted by molar-refractivity contribution is -0.135. The Balaban J connectivity index is 1.53. The third-order valence-corrected chi connectivity index (χ3v) is 6.57. The topological polar surface area (TPSA) is 61.9 Å². The maximum Gasteiger partial charge on any atom is 0.267 e. The van der Waals surface area contributed by atoms with Crippen molar-refractivity contribution < 1.29 is 14.3 Å². The molecule has 0 radical (unpaired) electrons. The van der Waals surface area contributed by atoms with Gasteiger partial charge in [-0.3, -0.25) is 9.59 Å². The Kier molecular flexibility index (Phi) is 5.64. The summed E-state index contributed by atoms with van der Waals surface area (Å²) >= 11 is 1.47. The predicted molar refractivity (Wildman–Crippen MR) is 110 cm³/mol. The molecular formula is C21H25N3O3S. The fourth-order valence-electron chi connectivity index (χ4n) is 3.96. The van der Waals surface area contributed by atoms with Gasteiger partial charge in [0.05, 0.1) is 13.7 Å². The first-order valence-electron chi connectivity index (χ1n) is 9.70. The number of thiophene rings is 1. The van der Waals surface area contributed by atoms with E-state index in [1.807, 2.05) is 46.2 Å². The molecule has 4 rings (SSSR count). The van der Waals surface area contributed by atoms with Gasteiger partial charge in [0, 0.05) is 37.1 Å². The molecule has 1 N–H and O–H groups in total. The first-order valence-corrected chi connectivity index (χ1v) is 10.5. The van der Waals surface area contributed by atoms with Crippen molar-refractivity contribution in [2.45, 2.75) is 18.9 Å². The minimum atomic E-state index is -0.00341. The third kappa shape index (κ3) is 3.77. The summed E-state index contributed by atoms with van der Waals surface area (Å²) in [4.78, 5) is 31.0. The fourth-order valence-corrected chi connectivity index (χ4v) is 5.06. The molecule has 2 amide bonds. The van der Waals surface area contributed by atoms with Crippen LogP contribution >= 0.6 is 11.3 Å². The molecule has 1 atom stereocenters. The van der Waals surface area contributed by atoms with Gasteiger partial charge in [0.2, 0.25) is 5.91 Å². The summed E-state index contributed by atoms with van der Waals surface area (Å²) in [5.41, 5.74) is 1.08. The van der Waals surface area contributed by atoms with Crippen LogP contribution in [0.5, 0.6) is 5.75 Å². The molecular weight excluding hydrogens is 374 g/mol. The van der Waals surface area contributed by atoms with Crippen LogP contribution < -0.4 is 10.1 Å². The van der Waals surface area contributed by atoms with Gasteiger partial charge >= 0.3 is 0 Å². The normalized spacial score (nSPS) is 20.3. The van der Waals surface area contributed by atoms with E-state index in [0.717, 1.165) is 36.4 Å². The van der Waals surface area contributed by atoms with Crippen molar-refractivity contribution in [2.24, 2.45) is 0 Å². The van der Waals surface area contributed by atoms with Gasteiger partial charge in [-0.1, -0.05) is 30.3 Å². The molecule has 2 aliphatic heterocycles. The van der Waals surface area contributed by atoms with Crippen molar-refractivity contribution in [3.8, 4) is 16.2 Å². The summed E-state index contributed by atoms with van der Waals surface area (Å²) < 4.78 is 5.51. The molecule has 6 nitrogen and oxygen atoms in total. The number of rotatable bonds is 4. The number of amides is 2. The second-order valence-corrected chi connectivity index (χ2v) is 8.24. The van der Waals surface area contributed by atoms with Crippen molar-refractivity contribution in [1.82, 2.24) is 15.1 Å². The van der Waals surface area contributed by atoms with Gasteiger partial charge in [-0.2, -0.15) is 0 Å². The molecule has 7 heteroatoms. The van der Waals surface area contributed by atoms with Gasteiger partial charge in [0.25, 0.3) is 5.91 Å². The Hall–Kier alpha value is -2.38. The molecule has 148 valence electrons. The highest BCUT2D eigenvalue weighted by atomic mass is 32.1. The Bertz CT molecular complexity index is 852. The number of piperazine rings is 1. The van der Waals surface area contributed by atoms with Crippen LogP contribution in [0.1, 0.15) is 22.5 Å². The molecule has 1 unspecified atom stereocenters.